The van der Waals surface area contributed by atoms with Gasteiger partial charge in [-0.05, 0) is 12.5 Å². The van der Waals surface area contributed by atoms with Gasteiger partial charge in [0.1, 0.15) is 6.10 Å². The van der Waals surface area contributed by atoms with Crippen LogP contribution in [0.25, 0.3) is 0 Å². The van der Waals surface area contributed by atoms with Crippen molar-refractivity contribution in [2.24, 2.45) is 13.0 Å². The Balaban J connectivity index is 2.17. The molecule has 1 aliphatic rings. The third-order valence-corrected chi connectivity index (χ3v) is 3.57. The molecule has 0 aromatic carbocycles. The Labute approximate surface area is 119 Å². The van der Waals surface area contributed by atoms with Crippen LogP contribution >= 0.6 is 0 Å². The van der Waals surface area contributed by atoms with E-state index >= 15 is 0 Å². The number of ether oxygens (including phenoxy) is 1. The summed E-state index contributed by atoms with van der Waals surface area (Å²) in [6, 6.07) is 1.90. The first-order valence-electron chi connectivity index (χ1n) is 6.79. The lowest BCUT2D eigenvalue weighted by Crippen LogP contribution is -2.37. The van der Waals surface area contributed by atoms with E-state index in [1.54, 1.807) is 27.9 Å². The first-order chi connectivity index (χ1) is 9.69. The third-order valence-electron chi connectivity index (χ3n) is 3.57. The maximum absolute atomic E-state index is 12.7. The highest BCUT2D eigenvalue weighted by molar-refractivity contribution is 5.80. The Hall–Kier alpha value is -1.88. The van der Waals surface area contributed by atoms with E-state index in [0.717, 1.165) is 12.1 Å². The van der Waals surface area contributed by atoms with Gasteiger partial charge >= 0.3 is 0 Å². The summed E-state index contributed by atoms with van der Waals surface area (Å²) in [7, 11) is 1.86. The smallest absolute Gasteiger partial charge is 0.229 e. The summed E-state index contributed by atoms with van der Waals surface area (Å²) in [4.78, 5) is 14.4. The van der Waals surface area contributed by atoms with Crippen LogP contribution in [0.1, 0.15) is 18.2 Å². The molecular weight excluding hydrogens is 254 g/mol. The maximum Gasteiger partial charge on any atom is 0.229 e. The lowest BCUT2D eigenvalue weighted by Gasteiger charge is -2.25. The van der Waals surface area contributed by atoms with Crippen LogP contribution < -0.4 is 0 Å². The van der Waals surface area contributed by atoms with Gasteiger partial charge in [-0.25, -0.2) is 0 Å². The predicted octanol–water partition coefficient (Wildman–Crippen LogP) is 1.70. The molecule has 0 radical (unpaired) electrons. The highest BCUT2D eigenvalue weighted by Gasteiger charge is 2.38. The van der Waals surface area contributed by atoms with Gasteiger partial charge in [0.15, 0.2) is 0 Å². The number of carbonyl (C=O) groups is 1. The summed E-state index contributed by atoms with van der Waals surface area (Å²) in [6.07, 6.45) is 5.71. The monoisotopic (exact) mass is 275 g/mol. The molecule has 5 nitrogen and oxygen atoms in total. The number of rotatable bonds is 6. The van der Waals surface area contributed by atoms with Gasteiger partial charge < -0.3 is 9.64 Å². The average molecular weight is 275 g/mol. The minimum absolute atomic E-state index is 0.0912. The van der Waals surface area contributed by atoms with Gasteiger partial charge in [-0.15, -0.1) is 13.2 Å². The van der Waals surface area contributed by atoms with Crippen LogP contribution in [-0.2, 0) is 16.6 Å². The molecule has 0 N–H and O–H groups in total. The molecule has 1 aromatic heterocycles. The molecule has 1 fully saturated rings. The van der Waals surface area contributed by atoms with Gasteiger partial charge in [0.05, 0.1) is 11.6 Å². The SMILES string of the molecule is C=CCN(CC=C)C(=O)[C@@H]1CCO[C@H]1c1ccnn1C. The second kappa shape index (κ2) is 6.52. The lowest BCUT2D eigenvalue weighted by atomic mass is 9.97. The number of hydrogen-bond donors (Lipinski definition) is 0. The zero-order valence-electron chi connectivity index (χ0n) is 11.9. The minimum atomic E-state index is -0.216. The second-order valence-electron chi connectivity index (χ2n) is 4.89. The van der Waals surface area contributed by atoms with Crippen LogP contribution in [0.4, 0.5) is 0 Å². The first-order valence-corrected chi connectivity index (χ1v) is 6.79. The van der Waals surface area contributed by atoms with Crippen molar-refractivity contribution in [3.05, 3.63) is 43.3 Å². The molecule has 2 rings (SSSR count). The van der Waals surface area contributed by atoms with Crippen molar-refractivity contribution in [1.82, 2.24) is 14.7 Å². The van der Waals surface area contributed by atoms with Gasteiger partial charge in [-0.3, -0.25) is 9.48 Å². The van der Waals surface area contributed by atoms with Gasteiger partial charge in [-0.2, -0.15) is 5.10 Å². The van der Waals surface area contributed by atoms with E-state index in [1.165, 1.54) is 0 Å². The van der Waals surface area contributed by atoms with E-state index in [1.807, 2.05) is 13.1 Å². The van der Waals surface area contributed by atoms with Crippen molar-refractivity contribution < 1.29 is 9.53 Å². The summed E-state index contributed by atoms with van der Waals surface area (Å²) in [5.41, 5.74) is 0.943. The molecule has 5 heteroatoms. The van der Waals surface area contributed by atoms with Gasteiger partial charge in [0.2, 0.25) is 5.91 Å². The van der Waals surface area contributed by atoms with E-state index in [9.17, 15) is 4.79 Å². The molecule has 0 bridgehead atoms. The van der Waals surface area contributed by atoms with Crippen molar-refractivity contribution in [1.29, 1.82) is 0 Å². The summed E-state index contributed by atoms with van der Waals surface area (Å²) < 4.78 is 7.52. The van der Waals surface area contributed by atoms with Gasteiger partial charge in [-0.1, -0.05) is 12.2 Å². The van der Waals surface area contributed by atoms with Crippen molar-refractivity contribution in [3.63, 3.8) is 0 Å². The Morgan fingerprint density at radius 2 is 2.25 bits per heavy atom. The fourth-order valence-corrected chi connectivity index (χ4v) is 2.60. The van der Waals surface area contributed by atoms with Crippen molar-refractivity contribution in [3.8, 4) is 0 Å². The average Bonchev–Trinajstić information content (AvgIpc) is 3.05. The highest BCUT2D eigenvalue weighted by atomic mass is 16.5. The van der Waals surface area contributed by atoms with Gasteiger partial charge in [0.25, 0.3) is 0 Å². The molecule has 1 aromatic rings. The van der Waals surface area contributed by atoms with E-state index in [2.05, 4.69) is 18.3 Å². The van der Waals surface area contributed by atoms with Crippen LogP contribution in [0, 0.1) is 5.92 Å². The number of carbonyl (C=O) groups excluding carboxylic acids is 1. The van der Waals surface area contributed by atoms with Crippen LogP contribution in [0.15, 0.2) is 37.6 Å². The molecule has 0 spiro atoms. The van der Waals surface area contributed by atoms with Crippen molar-refractivity contribution in [2.75, 3.05) is 19.7 Å². The number of amides is 1. The summed E-state index contributed by atoms with van der Waals surface area (Å²) in [5, 5.41) is 4.15. The van der Waals surface area contributed by atoms with Crippen molar-refractivity contribution in [2.45, 2.75) is 12.5 Å². The van der Waals surface area contributed by atoms with E-state index in [-0.39, 0.29) is 17.9 Å². The van der Waals surface area contributed by atoms with Crippen molar-refractivity contribution >= 4 is 5.91 Å². The van der Waals surface area contributed by atoms with Crippen LogP contribution in [-0.4, -0.2) is 40.3 Å². The molecule has 108 valence electrons. The molecule has 2 atom stereocenters. The predicted molar refractivity (Wildman–Crippen MR) is 77.0 cm³/mol. The molecule has 0 aliphatic carbocycles. The molecule has 1 saturated heterocycles. The Kier molecular flexibility index (Phi) is 4.74. The molecule has 2 heterocycles. The van der Waals surface area contributed by atoms with E-state index < -0.39 is 0 Å². The van der Waals surface area contributed by atoms with Crippen LogP contribution in [0.3, 0.4) is 0 Å². The number of hydrogen-bond acceptors (Lipinski definition) is 3. The maximum atomic E-state index is 12.7. The van der Waals surface area contributed by atoms with Crippen LogP contribution in [0.2, 0.25) is 0 Å². The first kappa shape index (κ1) is 14.5. The quantitative estimate of drug-likeness (QED) is 0.742. The number of aromatic nitrogens is 2. The molecule has 0 saturated carbocycles. The molecular formula is C15H21N3O2. The zero-order valence-corrected chi connectivity index (χ0v) is 11.9. The minimum Gasteiger partial charge on any atom is -0.371 e. The van der Waals surface area contributed by atoms with E-state index in [0.29, 0.717) is 19.7 Å². The Morgan fingerprint density at radius 1 is 1.55 bits per heavy atom. The standard InChI is InChI=1S/C15H21N3O2/c1-4-9-18(10-5-2)15(19)12-7-11-20-14(12)13-6-8-16-17(13)3/h4-6,8,12,14H,1-2,7,9-11H2,3H3/t12-,14-/m1/s1. The Bertz CT molecular complexity index is 485. The Morgan fingerprint density at radius 3 is 2.80 bits per heavy atom. The van der Waals surface area contributed by atoms with E-state index in [4.69, 9.17) is 4.74 Å². The molecule has 0 unspecified atom stereocenters. The number of aryl methyl sites for hydroxylation is 1. The molecule has 1 amide bonds. The summed E-state index contributed by atoms with van der Waals surface area (Å²) in [5.74, 6) is -0.0706. The highest BCUT2D eigenvalue weighted by Crippen LogP contribution is 2.35. The largest absolute Gasteiger partial charge is 0.371 e. The summed E-state index contributed by atoms with van der Waals surface area (Å²) >= 11 is 0. The lowest BCUT2D eigenvalue weighted by molar-refractivity contribution is -0.136. The zero-order chi connectivity index (χ0) is 14.5. The fourth-order valence-electron chi connectivity index (χ4n) is 2.60. The number of nitrogens with zero attached hydrogens (tertiary/aromatic N) is 3. The normalized spacial score (nSPS) is 21.6. The second-order valence-corrected chi connectivity index (χ2v) is 4.89. The third kappa shape index (κ3) is 2.82. The summed E-state index contributed by atoms with van der Waals surface area (Å²) in [6.45, 7) is 9.06. The molecule has 20 heavy (non-hydrogen) atoms. The fraction of sp³-hybridized carbons (Fsp3) is 0.467. The topological polar surface area (TPSA) is 47.4 Å². The van der Waals surface area contributed by atoms with Gasteiger partial charge in [0, 0.05) is 32.9 Å². The van der Waals surface area contributed by atoms with Crippen LogP contribution in [0.5, 0.6) is 0 Å². The molecule has 1 aliphatic heterocycles.